The van der Waals surface area contributed by atoms with Gasteiger partial charge in [-0.05, 0) is 64.1 Å². The molecule has 24 heavy (non-hydrogen) atoms. The molecule has 0 aliphatic heterocycles. The van der Waals surface area contributed by atoms with Crippen molar-refractivity contribution < 1.29 is 4.79 Å². The van der Waals surface area contributed by atoms with Crippen molar-refractivity contribution in [1.82, 2.24) is 14.3 Å². The Labute approximate surface area is 141 Å². The molecule has 2 aromatic heterocycles. The van der Waals surface area contributed by atoms with Crippen molar-refractivity contribution in [3.05, 3.63) is 65.6 Å². The number of aromatic nitrogens is 3. The number of rotatable bonds is 4. The van der Waals surface area contributed by atoms with Crippen molar-refractivity contribution in [2.75, 3.05) is 5.32 Å². The molecule has 0 saturated carbocycles. The van der Waals surface area contributed by atoms with Crippen molar-refractivity contribution in [2.24, 2.45) is 0 Å². The van der Waals surface area contributed by atoms with Crippen LogP contribution in [0.25, 0.3) is 5.69 Å². The van der Waals surface area contributed by atoms with E-state index in [0.29, 0.717) is 11.4 Å². The van der Waals surface area contributed by atoms with Crippen LogP contribution in [0, 0.1) is 13.8 Å². The minimum Gasteiger partial charge on any atom is -0.319 e. The van der Waals surface area contributed by atoms with Gasteiger partial charge < -0.3 is 9.88 Å². The molecule has 1 amide bonds. The molecule has 124 valence electrons. The van der Waals surface area contributed by atoms with Gasteiger partial charge in [-0.1, -0.05) is 0 Å². The van der Waals surface area contributed by atoms with Gasteiger partial charge in [0.05, 0.1) is 6.20 Å². The Hall–Kier alpha value is -2.82. The number of carbonyl (C=O) groups is 1. The summed E-state index contributed by atoms with van der Waals surface area (Å²) in [4.78, 5) is 12.5. The summed E-state index contributed by atoms with van der Waals surface area (Å²) in [5.74, 6) is 0.570. The van der Waals surface area contributed by atoms with Crippen LogP contribution < -0.4 is 5.32 Å². The molecule has 0 spiro atoms. The molecule has 5 heteroatoms. The van der Waals surface area contributed by atoms with E-state index in [2.05, 4.69) is 41.0 Å². The standard InChI is InChI=1S/C19H22N4O/c1-13(2)23-18(11-12-20-23)21-19(24)16-7-9-17(10-8-16)22-14(3)5-6-15(22)4/h5-13H,1-4H3,(H,21,24). The van der Waals surface area contributed by atoms with Crippen LogP contribution in [0.1, 0.15) is 41.6 Å². The SMILES string of the molecule is Cc1ccc(C)n1-c1ccc(C(=O)Nc2ccnn2C(C)C)cc1. The third-order valence-electron chi connectivity index (χ3n) is 4.06. The first-order chi connectivity index (χ1) is 11.5. The van der Waals surface area contributed by atoms with Crippen molar-refractivity contribution >= 4 is 11.7 Å². The van der Waals surface area contributed by atoms with Crippen LogP contribution in [-0.4, -0.2) is 20.3 Å². The monoisotopic (exact) mass is 322 g/mol. The zero-order chi connectivity index (χ0) is 17.3. The van der Waals surface area contributed by atoms with Gasteiger partial charge in [-0.3, -0.25) is 4.79 Å². The van der Waals surface area contributed by atoms with Crippen LogP contribution in [0.4, 0.5) is 5.82 Å². The predicted octanol–water partition coefficient (Wildman–Crippen LogP) is 4.12. The third-order valence-corrected chi connectivity index (χ3v) is 4.06. The Kier molecular flexibility index (Phi) is 4.25. The van der Waals surface area contributed by atoms with Crippen LogP contribution in [0.5, 0.6) is 0 Å². The smallest absolute Gasteiger partial charge is 0.256 e. The number of anilines is 1. The van der Waals surface area contributed by atoms with Crippen LogP contribution in [0.3, 0.4) is 0 Å². The van der Waals surface area contributed by atoms with Gasteiger partial charge >= 0.3 is 0 Å². The molecule has 0 atom stereocenters. The van der Waals surface area contributed by atoms with Gasteiger partial charge in [0.2, 0.25) is 0 Å². The average molecular weight is 322 g/mol. The van der Waals surface area contributed by atoms with Gasteiger partial charge in [-0.25, -0.2) is 4.68 Å². The molecule has 3 rings (SSSR count). The highest BCUT2D eigenvalue weighted by Crippen LogP contribution is 2.18. The zero-order valence-corrected chi connectivity index (χ0v) is 14.4. The van der Waals surface area contributed by atoms with Gasteiger partial charge in [0.15, 0.2) is 0 Å². The number of carbonyl (C=O) groups excluding carboxylic acids is 1. The Morgan fingerprint density at radius 2 is 1.62 bits per heavy atom. The predicted molar refractivity (Wildman–Crippen MR) is 95.8 cm³/mol. The molecule has 0 fully saturated rings. The number of amides is 1. The maximum absolute atomic E-state index is 12.5. The van der Waals surface area contributed by atoms with Crippen molar-refractivity contribution in [1.29, 1.82) is 0 Å². The quantitative estimate of drug-likeness (QED) is 0.785. The second-order valence-corrected chi connectivity index (χ2v) is 6.21. The molecule has 1 aromatic carbocycles. The second-order valence-electron chi connectivity index (χ2n) is 6.21. The summed E-state index contributed by atoms with van der Waals surface area (Å²) in [5.41, 5.74) is 4.02. The zero-order valence-electron chi connectivity index (χ0n) is 14.4. The van der Waals surface area contributed by atoms with E-state index < -0.39 is 0 Å². The number of hydrogen-bond acceptors (Lipinski definition) is 2. The first-order valence-electron chi connectivity index (χ1n) is 8.07. The fraction of sp³-hybridized carbons (Fsp3) is 0.263. The highest BCUT2D eigenvalue weighted by Gasteiger charge is 2.12. The molecule has 0 aliphatic rings. The van der Waals surface area contributed by atoms with E-state index in [-0.39, 0.29) is 11.9 Å². The normalized spacial score (nSPS) is 11.0. The lowest BCUT2D eigenvalue weighted by molar-refractivity contribution is 0.102. The Morgan fingerprint density at radius 3 is 2.21 bits per heavy atom. The molecular formula is C19H22N4O. The second kappa shape index (κ2) is 6.35. The molecule has 0 saturated heterocycles. The largest absolute Gasteiger partial charge is 0.319 e. The molecule has 0 bridgehead atoms. The summed E-state index contributed by atoms with van der Waals surface area (Å²) in [5, 5.41) is 7.15. The van der Waals surface area contributed by atoms with E-state index in [1.807, 2.05) is 38.1 Å². The summed E-state index contributed by atoms with van der Waals surface area (Å²) in [6.45, 7) is 8.19. The Morgan fingerprint density at radius 1 is 1.00 bits per heavy atom. The first-order valence-corrected chi connectivity index (χ1v) is 8.07. The first kappa shape index (κ1) is 16.1. The lowest BCUT2D eigenvalue weighted by Crippen LogP contribution is -2.16. The molecule has 0 aliphatic carbocycles. The number of hydrogen-bond donors (Lipinski definition) is 1. The minimum atomic E-state index is -0.134. The highest BCUT2D eigenvalue weighted by molar-refractivity contribution is 6.03. The summed E-state index contributed by atoms with van der Waals surface area (Å²) in [6, 6.07) is 13.8. The van der Waals surface area contributed by atoms with Gasteiger partial charge in [0.1, 0.15) is 5.82 Å². The Balaban J connectivity index is 1.81. The molecular weight excluding hydrogens is 300 g/mol. The van der Waals surface area contributed by atoms with Gasteiger partial charge in [-0.15, -0.1) is 0 Å². The van der Waals surface area contributed by atoms with Crippen molar-refractivity contribution in [2.45, 2.75) is 33.7 Å². The van der Waals surface area contributed by atoms with E-state index in [4.69, 9.17) is 0 Å². The van der Waals surface area contributed by atoms with Crippen molar-refractivity contribution in [3.8, 4) is 5.69 Å². The maximum Gasteiger partial charge on any atom is 0.256 e. The topological polar surface area (TPSA) is 51.9 Å². The fourth-order valence-corrected chi connectivity index (χ4v) is 2.85. The van der Waals surface area contributed by atoms with Gasteiger partial charge in [0, 0.05) is 34.7 Å². The van der Waals surface area contributed by atoms with E-state index in [1.165, 1.54) is 11.4 Å². The summed E-state index contributed by atoms with van der Waals surface area (Å²) >= 11 is 0. The van der Waals surface area contributed by atoms with E-state index in [9.17, 15) is 4.79 Å². The van der Waals surface area contributed by atoms with Crippen molar-refractivity contribution in [3.63, 3.8) is 0 Å². The molecule has 5 nitrogen and oxygen atoms in total. The van der Waals surface area contributed by atoms with Gasteiger partial charge in [-0.2, -0.15) is 5.10 Å². The number of aryl methyl sites for hydroxylation is 2. The maximum atomic E-state index is 12.5. The lowest BCUT2D eigenvalue weighted by atomic mass is 10.2. The highest BCUT2D eigenvalue weighted by atomic mass is 16.1. The number of benzene rings is 1. The van der Waals surface area contributed by atoms with E-state index >= 15 is 0 Å². The minimum absolute atomic E-state index is 0.134. The summed E-state index contributed by atoms with van der Waals surface area (Å²) < 4.78 is 3.95. The molecule has 1 N–H and O–H groups in total. The lowest BCUT2D eigenvalue weighted by Gasteiger charge is -2.13. The Bertz CT molecular complexity index is 836. The van der Waals surface area contributed by atoms with E-state index in [0.717, 1.165) is 5.69 Å². The molecule has 0 radical (unpaired) electrons. The van der Waals surface area contributed by atoms with Crippen LogP contribution in [0.2, 0.25) is 0 Å². The molecule has 3 aromatic rings. The van der Waals surface area contributed by atoms with Crippen LogP contribution in [-0.2, 0) is 0 Å². The fourth-order valence-electron chi connectivity index (χ4n) is 2.85. The van der Waals surface area contributed by atoms with Gasteiger partial charge in [0.25, 0.3) is 5.91 Å². The molecule has 0 unspecified atom stereocenters. The number of nitrogens with one attached hydrogen (secondary N) is 1. The van der Waals surface area contributed by atoms with Crippen LogP contribution in [0.15, 0.2) is 48.7 Å². The van der Waals surface area contributed by atoms with Crippen LogP contribution >= 0.6 is 0 Å². The summed E-state index contributed by atoms with van der Waals surface area (Å²) in [6.07, 6.45) is 1.69. The summed E-state index contributed by atoms with van der Waals surface area (Å²) in [7, 11) is 0. The molecule has 2 heterocycles. The third kappa shape index (κ3) is 2.97. The van der Waals surface area contributed by atoms with E-state index in [1.54, 1.807) is 16.9 Å². The average Bonchev–Trinajstić information content (AvgIpc) is 3.14. The number of nitrogens with zero attached hydrogens (tertiary/aromatic N) is 3.